The first-order valence-corrected chi connectivity index (χ1v) is 6.58. The number of aromatic amines is 1. The third-order valence-electron chi connectivity index (χ3n) is 3.52. The molecule has 0 saturated heterocycles. The summed E-state index contributed by atoms with van der Waals surface area (Å²) >= 11 is 0. The van der Waals surface area contributed by atoms with Gasteiger partial charge in [0.1, 0.15) is 17.5 Å². The zero-order valence-electron chi connectivity index (χ0n) is 11.2. The summed E-state index contributed by atoms with van der Waals surface area (Å²) in [5.74, 6) is 0.268. The van der Waals surface area contributed by atoms with Crippen molar-refractivity contribution in [2.45, 2.75) is 26.4 Å². The molecule has 1 aliphatic heterocycles. The largest absolute Gasteiger partial charge is 0.383 e. The second-order valence-corrected chi connectivity index (χ2v) is 4.72. The highest BCUT2D eigenvalue weighted by molar-refractivity contribution is 5.77. The average Bonchev–Trinajstić information content (AvgIpc) is 2.94. The van der Waals surface area contributed by atoms with Crippen molar-refractivity contribution in [3.05, 3.63) is 28.6 Å². The van der Waals surface area contributed by atoms with Crippen LogP contribution in [0.2, 0.25) is 0 Å². The molecule has 3 N–H and O–H groups in total. The molecule has 0 aromatic carbocycles. The normalized spacial score (nSPS) is 13.8. The summed E-state index contributed by atoms with van der Waals surface area (Å²) in [6.45, 7) is 3.12. The molecule has 0 spiro atoms. The maximum atomic E-state index is 9.38. The third-order valence-corrected chi connectivity index (χ3v) is 3.52. The van der Waals surface area contributed by atoms with Crippen molar-refractivity contribution in [2.24, 2.45) is 0 Å². The number of fused-ring (bicyclic) bond motifs is 1. The van der Waals surface area contributed by atoms with Crippen molar-refractivity contribution in [3.8, 4) is 17.3 Å². The van der Waals surface area contributed by atoms with E-state index in [4.69, 9.17) is 10.5 Å². The van der Waals surface area contributed by atoms with E-state index in [1.807, 2.05) is 13.0 Å². The van der Waals surface area contributed by atoms with Crippen molar-refractivity contribution in [3.63, 3.8) is 0 Å². The summed E-state index contributed by atoms with van der Waals surface area (Å²) in [5, 5.41) is 16.6. The number of hydrogen-bond acceptors (Lipinski definition) is 5. The lowest BCUT2D eigenvalue weighted by molar-refractivity contribution is 0.109. The molecular weight excluding hydrogens is 254 g/mol. The zero-order valence-corrected chi connectivity index (χ0v) is 11.2. The van der Waals surface area contributed by atoms with Crippen LogP contribution in [0.25, 0.3) is 11.3 Å². The van der Waals surface area contributed by atoms with E-state index in [-0.39, 0.29) is 5.82 Å². The van der Waals surface area contributed by atoms with E-state index in [2.05, 4.69) is 21.3 Å². The maximum absolute atomic E-state index is 9.38. The van der Waals surface area contributed by atoms with Gasteiger partial charge in [-0.3, -0.25) is 5.10 Å². The molecule has 1 aliphatic rings. The van der Waals surface area contributed by atoms with Crippen LogP contribution in [-0.4, -0.2) is 21.8 Å². The molecular formula is C14H15N5O. The Labute approximate surface area is 116 Å². The Morgan fingerprint density at radius 2 is 2.40 bits per heavy atom. The van der Waals surface area contributed by atoms with Crippen LogP contribution in [0.1, 0.15) is 29.4 Å². The van der Waals surface area contributed by atoms with Crippen LogP contribution < -0.4 is 5.73 Å². The molecule has 6 nitrogen and oxygen atoms in total. The molecule has 0 amide bonds. The lowest BCUT2D eigenvalue weighted by atomic mass is 9.96. The fraction of sp³-hybridized carbons (Fsp3) is 0.357. The van der Waals surface area contributed by atoms with Gasteiger partial charge < -0.3 is 10.5 Å². The highest BCUT2D eigenvalue weighted by Crippen LogP contribution is 2.33. The second-order valence-electron chi connectivity index (χ2n) is 4.72. The fourth-order valence-corrected chi connectivity index (χ4v) is 2.46. The summed E-state index contributed by atoms with van der Waals surface area (Å²) in [6, 6.07) is 4.09. The number of ether oxygens (including phenoxy) is 1. The Morgan fingerprint density at radius 3 is 3.10 bits per heavy atom. The molecule has 0 fully saturated rings. The summed E-state index contributed by atoms with van der Waals surface area (Å²) in [7, 11) is 0. The van der Waals surface area contributed by atoms with E-state index < -0.39 is 0 Å². The molecule has 3 rings (SSSR count). The minimum atomic E-state index is 0.268. The number of nitrogen functional groups attached to an aromatic ring is 1. The predicted octanol–water partition coefficient (Wildman–Crippen LogP) is 1.56. The lowest BCUT2D eigenvalue weighted by Gasteiger charge is -2.20. The molecule has 102 valence electrons. The van der Waals surface area contributed by atoms with Gasteiger partial charge in [0, 0.05) is 23.2 Å². The molecule has 0 unspecified atom stereocenters. The standard InChI is InChI=1S/C14H15N5O/c1-2-8-5-12(19-18-8)13-9(6-15)14(16)17-11-3-4-20-7-10(11)13/h5H,2-4,7H2,1H3,(H2,16,17)(H,18,19). The Morgan fingerprint density at radius 1 is 1.55 bits per heavy atom. The summed E-state index contributed by atoms with van der Waals surface area (Å²) in [4.78, 5) is 4.33. The van der Waals surface area contributed by atoms with E-state index in [1.54, 1.807) is 0 Å². The highest BCUT2D eigenvalue weighted by Gasteiger charge is 2.23. The van der Waals surface area contributed by atoms with Gasteiger partial charge in [-0.1, -0.05) is 6.92 Å². The number of nitriles is 1. The van der Waals surface area contributed by atoms with Crippen molar-refractivity contribution in [1.29, 1.82) is 5.26 Å². The SMILES string of the molecule is CCc1cc(-c2c(C#N)c(N)nc3c2COCC3)n[nH]1. The van der Waals surface area contributed by atoms with Gasteiger partial charge >= 0.3 is 0 Å². The number of aryl methyl sites for hydroxylation is 1. The van der Waals surface area contributed by atoms with E-state index in [0.717, 1.165) is 34.6 Å². The summed E-state index contributed by atoms with van der Waals surface area (Å²) in [5.41, 5.74) is 10.6. The first-order valence-electron chi connectivity index (χ1n) is 6.58. The molecule has 2 aromatic heterocycles. The van der Waals surface area contributed by atoms with Gasteiger partial charge in [-0.25, -0.2) is 4.98 Å². The first kappa shape index (κ1) is 12.6. The van der Waals surface area contributed by atoms with Crippen LogP contribution in [0.4, 0.5) is 5.82 Å². The molecule has 6 heteroatoms. The highest BCUT2D eigenvalue weighted by atomic mass is 16.5. The van der Waals surface area contributed by atoms with Gasteiger partial charge in [-0.2, -0.15) is 10.4 Å². The smallest absolute Gasteiger partial charge is 0.142 e. The Bertz CT molecular complexity index is 698. The molecule has 20 heavy (non-hydrogen) atoms. The summed E-state index contributed by atoms with van der Waals surface area (Å²) in [6.07, 6.45) is 1.57. The van der Waals surface area contributed by atoms with Crippen molar-refractivity contribution >= 4 is 5.82 Å². The van der Waals surface area contributed by atoms with Crippen molar-refractivity contribution < 1.29 is 4.74 Å². The van der Waals surface area contributed by atoms with E-state index in [1.165, 1.54) is 0 Å². The van der Waals surface area contributed by atoms with Gasteiger partial charge in [0.2, 0.25) is 0 Å². The van der Waals surface area contributed by atoms with Gasteiger partial charge in [-0.15, -0.1) is 0 Å². The first-order chi connectivity index (χ1) is 9.74. The molecule has 0 aliphatic carbocycles. The minimum Gasteiger partial charge on any atom is -0.383 e. The number of anilines is 1. The van der Waals surface area contributed by atoms with Gasteiger partial charge in [0.25, 0.3) is 0 Å². The zero-order chi connectivity index (χ0) is 14.1. The van der Waals surface area contributed by atoms with Crippen molar-refractivity contribution in [2.75, 3.05) is 12.3 Å². The van der Waals surface area contributed by atoms with E-state index in [9.17, 15) is 5.26 Å². The van der Waals surface area contributed by atoms with Crippen LogP contribution in [0.15, 0.2) is 6.07 Å². The fourth-order valence-electron chi connectivity index (χ4n) is 2.46. The second kappa shape index (κ2) is 4.94. The van der Waals surface area contributed by atoms with Gasteiger partial charge in [0.05, 0.1) is 24.6 Å². The monoisotopic (exact) mass is 269 g/mol. The number of pyridine rings is 1. The molecule has 0 radical (unpaired) electrons. The molecule has 0 bridgehead atoms. The maximum Gasteiger partial charge on any atom is 0.142 e. The molecule has 0 atom stereocenters. The van der Waals surface area contributed by atoms with E-state index in [0.29, 0.717) is 25.2 Å². The molecule has 3 heterocycles. The third kappa shape index (κ3) is 1.92. The number of H-pyrrole nitrogens is 1. The Hall–Kier alpha value is -2.39. The van der Waals surface area contributed by atoms with Crippen LogP contribution in [0, 0.1) is 11.3 Å². The molecule has 0 saturated carbocycles. The number of nitrogens with one attached hydrogen (secondary N) is 1. The minimum absolute atomic E-state index is 0.268. The van der Waals surface area contributed by atoms with Crippen LogP contribution in [0.5, 0.6) is 0 Å². The average molecular weight is 269 g/mol. The van der Waals surface area contributed by atoms with Crippen LogP contribution in [-0.2, 0) is 24.2 Å². The summed E-state index contributed by atoms with van der Waals surface area (Å²) < 4.78 is 5.50. The topological polar surface area (TPSA) is 101 Å². The van der Waals surface area contributed by atoms with Crippen LogP contribution >= 0.6 is 0 Å². The van der Waals surface area contributed by atoms with Gasteiger partial charge in [0.15, 0.2) is 0 Å². The van der Waals surface area contributed by atoms with Gasteiger partial charge in [-0.05, 0) is 12.5 Å². The number of aromatic nitrogens is 3. The van der Waals surface area contributed by atoms with Crippen LogP contribution in [0.3, 0.4) is 0 Å². The van der Waals surface area contributed by atoms with Crippen molar-refractivity contribution in [1.82, 2.24) is 15.2 Å². The predicted molar refractivity (Wildman–Crippen MR) is 73.7 cm³/mol. The number of rotatable bonds is 2. The number of nitrogens with zero attached hydrogens (tertiary/aromatic N) is 3. The number of hydrogen-bond donors (Lipinski definition) is 2. The Balaban J connectivity index is 2.26. The number of nitrogens with two attached hydrogens (primary N) is 1. The Kier molecular flexibility index (Phi) is 3.12. The lowest BCUT2D eigenvalue weighted by Crippen LogP contribution is -2.16. The molecule has 2 aromatic rings. The quantitative estimate of drug-likeness (QED) is 0.861. The van der Waals surface area contributed by atoms with E-state index >= 15 is 0 Å².